The van der Waals surface area contributed by atoms with E-state index in [2.05, 4.69) is 76.1 Å². The molecule has 4 rings (SSSR count). The van der Waals surface area contributed by atoms with Crippen LogP contribution in [0.2, 0.25) is 0 Å². The minimum absolute atomic E-state index is 0.0686. The highest BCUT2D eigenvalue weighted by molar-refractivity contribution is 5.64. The first kappa shape index (κ1) is 15.5. The first-order valence-corrected chi connectivity index (χ1v) is 8.11. The summed E-state index contributed by atoms with van der Waals surface area (Å²) in [5.74, 6) is 0.438. The molecule has 0 fully saturated rings. The fourth-order valence-electron chi connectivity index (χ4n) is 3.17. The van der Waals surface area contributed by atoms with Crippen LogP contribution in [0, 0.1) is 6.92 Å². The number of nitrogens with zero attached hydrogens (tertiary/aromatic N) is 5. The summed E-state index contributed by atoms with van der Waals surface area (Å²) in [5.41, 5.74) is 3.98. The Bertz CT molecular complexity index is 995. The first-order valence-electron chi connectivity index (χ1n) is 8.11. The molecule has 0 amide bonds. The lowest BCUT2D eigenvalue weighted by Crippen LogP contribution is -2.29. The second-order valence-corrected chi connectivity index (χ2v) is 7.27. The summed E-state index contributed by atoms with van der Waals surface area (Å²) in [4.78, 5) is 12.3. The Labute approximate surface area is 144 Å². The van der Waals surface area contributed by atoms with Gasteiger partial charge in [0.25, 0.3) is 5.56 Å². The van der Waals surface area contributed by atoms with E-state index in [1.807, 2.05) is 6.92 Å². The van der Waals surface area contributed by atoms with Crippen LogP contribution in [0.5, 0.6) is 0 Å². The van der Waals surface area contributed by atoms with Crippen LogP contribution in [0.15, 0.2) is 29.1 Å². The molecule has 0 unspecified atom stereocenters. The van der Waals surface area contributed by atoms with Crippen molar-refractivity contribution in [2.24, 2.45) is 0 Å². The highest BCUT2D eigenvalue weighted by Crippen LogP contribution is 2.38. The number of anilines is 2. The van der Waals surface area contributed by atoms with Crippen molar-refractivity contribution in [3.05, 3.63) is 57.0 Å². The van der Waals surface area contributed by atoms with Crippen molar-refractivity contribution in [2.75, 3.05) is 5.32 Å². The van der Waals surface area contributed by atoms with E-state index in [1.165, 1.54) is 5.56 Å². The van der Waals surface area contributed by atoms with Gasteiger partial charge in [0, 0.05) is 5.56 Å². The Morgan fingerprint density at radius 2 is 1.88 bits per heavy atom. The number of fused-ring (bicyclic) bond motifs is 2. The van der Waals surface area contributed by atoms with Crippen LogP contribution >= 0.6 is 0 Å². The van der Waals surface area contributed by atoms with E-state index >= 15 is 0 Å². The third kappa shape index (κ3) is 2.41. The molecular formula is C17H19N7O. The fraction of sp³-hybridized carbons (Fsp3) is 0.353. The Morgan fingerprint density at radius 1 is 1.16 bits per heavy atom. The van der Waals surface area contributed by atoms with Gasteiger partial charge in [-0.1, -0.05) is 50.1 Å². The van der Waals surface area contributed by atoms with Crippen molar-refractivity contribution in [2.45, 2.75) is 39.2 Å². The summed E-state index contributed by atoms with van der Waals surface area (Å²) in [7, 11) is 0. The molecule has 1 aliphatic rings. The van der Waals surface area contributed by atoms with Crippen LogP contribution in [0.3, 0.4) is 0 Å². The third-order valence-electron chi connectivity index (χ3n) is 4.55. The molecule has 128 valence electrons. The predicted molar refractivity (Wildman–Crippen MR) is 93.1 cm³/mol. The lowest BCUT2D eigenvalue weighted by molar-refractivity contribution is 0.560. The van der Waals surface area contributed by atoms with E-state index in [4.69, 9.17) is 0 Å². The van der Waals surface area contributed by atoms with Crippen LogP contribution in [-0.4, -0.2) is 30.4 Å². The maximum absolute atomic E-state index is 12.3. The van der Waals surface area contributed by atoms with Gasteiger partial charge in [-0.05, 0) is 33.9 Å². The molecule has 1 aromatic carbocycles. The molecule has 3 heterocycles. The number of hydrogen-bond acceptors (Lipinski definition) is 6. The predicted octanol–water partition coefficient (Wildman–Crippen LogP) is 2.06. The molecule has 3 aromatic rings. The Kier molecular flexibility index (Phi) is 3.24. The zero-order chi connectivity index (χ0) is 17.8. The van der Waals surface area contributed by atoms with Gasteiger partial charge < -0.3 is 5.32 Å². The van der Waals surface area contributed by atoms with Gasteiger partial charge in [0.2, 0.25) is 5.95 Å². The van der Waals surface area contributed by atoms with Crippen LogP contribution in [0.4, 0.5) is 11.6 Å². The summed E-state index contributed by atoms with van der Waals surface area (Å²) < 4.78 is 1.68. The lowest BCUT2D eigenvalue weighted by atomic mass is 9.85. The number of H-pyrrole nitrogens is 1. The summed E-state index contributed by atoms with van der Waals surface area (Å²) in [5, 5.41) is 21.5. The van der Waals surface area contributed by atoms with Crippen molar-refractivity contribution in [3.8, 4) is 0 Å². The summed E-state index contributed by atoms with van der Waals surface area (Å²) in [6.07, 6.45) is 0. The van der Waals surface area contributed by atoms with Gasteiger partial charge in [0.15, 0.2) is 0 Å². The molecule has 8 nitrogen and oxygen atoms in total. The first-order chi connectivity index (χ1) is 11.9. The highest BCUT2D eigenvalue weighted by Gasteiger charge is 2.32. The molecule has 2 aromatic heterocycles. The fourth-order valence-corrected chi connectivity index (χ4v) is 3.17. The Morgan fingerprint density at radius 3 is 2.56 bits per heavy atom. The molecule has 1 aliphatic heterocycles. The van der Waals surface area contributed by atoms with Gasteiger partial charge >= 0.3 is 0 Å². The second-order valence-electron chi connectivity index (χ2n) is 7.27. The van der Waals surface area contributed by atoms with Gasteiger partial charge in [0.1, 0.15) is 11.7 Å². The van der Waals surface area contributed by atoms with E-state index < -0.39 is 0 Å². The number of aryl methyl sites for hydroxylation is 1. The topological polar surface area (TPSA) is 101 Å². The molecule has 0 aliphatic carbocycles. The molecular weight excluding hydrogens is 318 g/mol. The smallest absolute Gasteiger partial charge is 0.288 e. The summed E-state index contributed by atoms with van der Waals surface area (Å²) in [6.45, 7) is 8.39. The summed E-state index contributed by atoms with van der Waals surface area (Å²) >= 11 is 0. The number of benzene rings is 1. The molecule has 2 N–H and O–H groups in total. The number of aromatic amines is 1. The van der Waals surface area contributed by atoms with E-state index in [-0.39, 0.29) is 17.0 Å². The van der Waals surface area contributed by atoms with Crippen LogP contribution in [-0.2, 0) is 5.41 Å². The Hall–Kier alpha value is -3.03. The largest absolute Gasteiger partial charge is 0.318 e. The minimum Gasteiger partial charge on any atom is -0.318 e. The van der Waals surface area contributed by atoms with Crippen molar-refractivity contribution in [1.29, 1.82) is 0 Å². The number of hydrogen-bond donors (Lipinski definition) is 2. The average Bonchev–Trinajstić information content (AvgIpc) is 3.04. The van der Waals surface area contributed by atoms with Gasteiger partial charge in [-0.2, -0.15) is 9.78 Å². The molecule has 0 saturated heterocycles. The number of tetrazole rings is 1. The molecule has 25 heavy (non-hydrogen) atoms. The highest BCUT2D eigenvalue weighted by atomic mass is 16.1. The molecule has 8 heteroatoms. The maximum atomic E-state index is 12.3. The molecule has 0 radical (unpaired) electrons. The third-order valence-corrected chi connectivity index (χ3v) is 4.55. The zero-order valence-corrected chi connectivity index (χ0v) is 14.5. The van der Waals surface area contributed by atoms with E-state index in [1.54, 1.807) is 4.68 Å². The van der Waals surface area contributed by atoms with E-state index in [9.17, 15) is 4.79 Å². The number of nitrogens with one attached hydrogen (secondary N) is 2. The molecule has 0 saturated carbocycles. The number of aromatic nitrogens is 6. The lowest BCUT2D eigenvalue weighted by Gasteiger charge is -2.27. The van der Waals surface area contributed by atoms with E-state index in [0.29, 0.717) is 11.6 Å². The van der Waals surface area contributed by atoms with Crippen LogP contribution in [0.25, 0.3) is 0 Å². The van der Waals surface area contributed by atoms with E-state index in [0.717, 1.165) is 16.8 Å². The van der Waals surface area contributed by atoms with Crippen molar-refractivity contribution in [3.63, 3.8) is 0 Å². The minimum atomic E-state index is -0.301. The number of rotatable bonds is 1. The van der Waals surface area contributed by atoms with Gasteiger partial charge in [0.05, 0.1) is 5.69 Å². The van der Waals surface area contributed by atoms with Crippen molar-refractivity contribution >= 4 is 11.6 Å². The molecule has 0 bridgehead atoms. The quantitative estimate of drug-likeness (QED) is 0.551. The molecule has 0 spiro atoms. The standard InChI is InChI=1S/C17H19N7O/c1-9-12-13(15(25)20-19-9)18-16-21-22-23-24(16)14(12)10-5-7-11(8-6-10)17(2,3)4/h5-8,14H,1-4H3,(H,20,25)(H,18,21,23)/t14-/m1/s1. The zero-order valence-electron chi connectivity index (χ0n) is 14.5. The van der Waals surface area contributed by atoms with Gasteiger partial charge in [-0.15, -0.1) is 0 Å². The van der Waals surface area contributed by atoms with Crippen molar-refractivity contribution in [1.82, 2.24) is 30.4 Å². The monoisotopic (exact) mass is 337 g/mol. The van der Waals surface area contributed by atoms with Crippen LogP contribution in [0.1, 0.15) is 49.2 Å². The van der Waals surface area contributed by atoms with Crippen molar-refractivity contribution < 1.29 is 0 Å². The Balaban J connectivity index is 1.92. The average molecular weight is 337 g/mol. The molecule has 1 atom stereocenters. The van der Waals surface area contributed by atoms with Gasteiger partial charge in [-0.25, -0.2) is 5.10 Å². The van der Waals surface area contributed by atoms with Crippen LogP contribution < -0.4 is 10.9 Å². The maximum Gasteiger partial charge on any atom is 0.288 e. The van der Waals surface area contributed by atoms with Gasteiger partial charge in [-0.3, -0.25) is 4.79 Å². The second kappa shape index (κ2) is 5.23. The normalized spacial score (nSPS) is 16.1. The summed E-state index contributed by atoms with van der Waals surface area (Å²) in [6, 6.07) is 8.04. The SMILES string of the molecule is Cc1n[nH]c(=O)c2c1[C@@H](c1ccc(C(C)(C)C)cc1)n1nnnc1N2.